The van der Waals surface area contributed by atoms with Crippen LogP contribution < -0.4 is 4.74 Å². The Kier molecular flexibility index (Phi) is 7.06. The van der Waals surface area contributed by atoms with Crippen LogP contribution in [0.25, 0.3) is 10.2 Å². The van der Waals surface area contributed by atoms with Crippen LogP contribution in [0.3, 0.4) is 0 Å². The fraction of sp³-hybridized carbons (Fsp3) is 0.480. The Labute approximate surface area is 193 Å². The van der Waals surface area contributed by atoms with Crippen molar-refractivity contribution in [1.29, 1.82) is 0 Å². The zero-order chi connectivity index (χ0) is 22.7. The van der Waals surface area contributed by atoms with Gasteiger partial charge in [0.1, 0.15) is 11.4 Å². The van der Waals surface area contributed by atoms with Crippen molar-refractivity contribution in [1.82, 2.24) is 14.9 Å². The lowest BCUT2D eigenvalue weighted by atomic mass is 9.90. The quantitative estimate of drug-likeness (QED) is 0.507. The molecule has 0 saturated carbocycles. The number of likely N-dealkylation sites (tertiary alicyclic amines) is 1. The van der Waals surface area contributed by atoms with E-state index in [-0.39, 0.29) is 5.91 Å². The van der Waals surface area contributed by atoms with E-state index in [1.807, 2.05) is 11.8 Å². The van der Waals surface area contributed by atoms with E-state index in [9.17, 15) is 4.79 Å². The zero-order valence-corrected chi connectivity index (χ0v) is 20.1. The molecule has 3 aromatic rings. The summed E-state index contributed by atoms with van der Waals surface area (Å²) in [5.41, 5.74) is 3.60. The predicted octanol–water partition coefficient (Wildman–Crippen LogP) is 4.95. The number of piperidine rings is 1. The summed E-state index contributed by atoms with van der Waals surface area (Å²) < 4.78 is 10.7. The lowest BCUT2D eigenvalue weighted by Crippen LogP contribution is -2.38. The van der Waals surface area contributed by atoms with Crippen LogP contribution in [-0.4, -0.2) is 48.1 Å². The largest absolute Gasteiger partial charge is 0.480 e. The van der Waals surface area contributed by atoms with Crippen molar-refractivity contribution in [2.24, 2.45) is 5.92 Å². The molecule has 0 spiro atoms. The summed E-state index contributed by atoms with van der Waals surface area (Å²) in [6.07, 6.45) is 4.41. The number of hydrogen-bond donors (Lipinski definition) is 0. The summed E-state index contributed by atoms with van der Waals surface area (Å²) in [6, 6.07) is 8.82. The maximum Gasteiger partial charge on any atom is 0.264 e. The van der Waals surface area contributed by atoms with E-state index in [1.165, 1.54) is 28.9 Å². The van der Waals surface area contributed by atoms with Crippen LogP contribution in [0.2, 0.25) is 0 Å². The van der Waals surface area contributed by atoms with E-state index < -0.39 is 0 Å². The topological polar surface area (TPSA) is 64.6 Å². The lowest BCUT2D eigenvalue weighted by molar-refractivity contribution is 0.0691. The smallest absolute Gasteiger partial charge is 0.264 e. The minimum absolute atomic E-state index is 0.0952. The van der Waals surface area contributed by atoms with Gasteiger partial charge in [-0.25, -0.2) is 4.98 Å². The summed E-state index contributed by atoms with van der Waals surface area (Å²) in [5.74, 6) is 1.83. The van der Waals surface area contributed by atoms with Crippen molar-refractivity contribution in [3.8, 4) is 5.88 Å². The molecule has 170 valence electrons. The van der Waals surface area contributed by atoms with Crippen molar-refractivity contribution < 1.29 is 14.3 Å². The SMILES string of the molecule is COCc1nc(OC)c2c(C)c(C(=O)N3CCC(CCc4ccc(C)cc4)CC3)sc2n1. The Morgan fingerprint density at radius 2 is 1.84 bits per heavy atom. The molecule has 0 atom stereocenters. The Morgan fingerprint density at radius 3 is 2.50 bits per heavy atom. The van der Waals surface area contributed by atoms with Crippen LogP contribution in [0.15, 0.2) is 24.3 Å². The van der Waals surface area contributed by atoms with E-state index in [0.29, 0.717) is 24.2 Å². The van der Waals surface area contributed by atoms with Crippen LogP contribution in [-0.2, 0) is 17.8 Å². The fourth-order valence-electron chi connectivity index (χ4n) is 4.38. The molecule has 7 heteroatoms. The molecule has 0 radical (unpaired) electrons. The number of nitrogens with zero attached hydrogens (tertiary/aromatic N) is 3. The minimum atomic E-state index is 0.0952. The molecule has 6 nitrogen and oxygen atoms in total. The number of benzene rings is 1. The second-order valence-electron chi connectivity index (χ2n) is 8.58. The molecule has 0 aliphatic carbocycles. The number of methoxy groups -OCH3 is 2. The number of fused-ring (bicyclic) bond motifs is 1. The molecule has 1 saturated heterocycles. The summed E-state index contributed by atoms with van der Waals surface area (Å²) >= 11 is 1.43. The van der Waals surface area contributed by atoms with Crippen LogP contribution in [0, 0.1) is 19.8 Å². The van der Waals surface area contributed by atoms with E-state index in [4.69, 9.17) is 9.47 Å². The zero-order valence-electron chi connectivity index (χ0n) is 19.3. The Bertz CT molecular complexity index is 1090. The molecule has 4 rings (SSSR count). The first-order chi connectivity index (χ1) is 15.5. The van der Waals surface area contributed by atoms with Crippen molar-refractivity contribution >= 4 is 27.5 Å². The second-order valence-corrected chi connectivity index (χ2v) is 9.58. The molecule has 0 bridgehead atoms. The van der Waals surface area contributed by atoms with Gasteiger partial charge in [-0.05, 0) is 56.6 Å². The summed E-state index contributed by atoms with van der Waals surface area (Å²) in [6.45, 7) is 6.01. The van der Waals surface area contributed by atoms with E-state index in [2.05, 4.69) is 41.2 Å². The lowest BCUT2D eigenvalue weighted by Gasteiger charge is -2.32. The Morgan fingerprint density at radius 1 is 1.12 bits per heavy atom. The fourth-order valence-corrected chi connectivity index (χ4v) is 5.54. The molecule has 1 aromatic carbocycles. The normalized spacial score (nSPS) is 14.8. The summed E-state index contributed by atoms with van der Waals surface area (Å²) in [5, 5.41) is 0.827. The third-order valence-electron chi connectivity index (χ3n) is 6.33. The third kappa shape index (κ3) is 4.79. The maximum absolute atomic E-state index is 13.3. The number of carbonyl (C=O) groups is 1. The molecule has 0 unspecified atom stereocenters. The van der Waals surface area contributed by atoms with E-state index in [0.717, 1.165) is 53.0 Å². The van der Waals surface area contributed by atoms with Crippen LogP contribution >= 0.6 is 11.3 Å². The van der Waals surface area contributed by atoms with Gasteiger partial charge in [0.05, 0.1) is 17.4 Å². The van der Waals surface area contributed by atoms with Crippen molar-refractivity contribution in [3.63, 3.8) is 0 Å². The number of aromatic nitrogens is 2. The van der Waals surface area contributed by atoms with Crippen LogP contribution in [0.5, 0.6) is 5.88 Å². The number of carbonyl (C=O) groups excluding carboxylic acids is 1. The third-order valence-corrected chi connectivity index (χ3v) is 7.50. The Balaban J connectivity index is 1.42. The second kappa shape index (κ2) is 9.96. The van der Waals surface area contributed by atoms with Crippen LogP contribution in [0.1, 0.15) is 51.4 Å². The highest BCUT2D eigenvalue weighted by Crippen LogP contribution is 2.36. The monoisotopic (exact) mass is 453 g/mol. The molecular formula is C25H31N3O3S. The van der Waals surface area contributed by atoms with Crippen molar-refractivity contribution in [3.05, 3.63) is 51.7 Å². The summed E-state index contributed by atoms with van der Waals surface area (Å²) in [7, 11) is 3.21. The standard InChI is InChI=1S/C25H31N3O3S/c1-16-5-7-18(8-6-16)9-10-19-11-13-28(14-12-19)25(29)22-17(2)21-23(31-4)26-20(15-30-3)27-24(21)32-22/h5-8,19H,9-15H2,1-4H3. The predicted molar refractivity (Wildman–Crippen MR) is 128 cm³/mol. The van der Waals surface area contributed by atoms with Gasteiger partial charge in [0.15, 0.2) is 5.82 Å². The van der Waals surface area contributed by atoms with Gasteiger partial charge in [-0.15, -0.1) is 11.3 Å². The van der Waals surface area contributed by atoms with Gasteiger partial charge < -0.3 is 14.4 Å². The van der Waals surface area contributed by atoms with Gasteiger partial charge in [0, 0.05) is 20.2 Å². The molecule has 1 amide bonds. The minimum Gasteiger partial charge on any atom is -0.480 e. The highest BCUT2D eigenvalue weighted by molar-refractivity contribution is 7.20. The molecular weight excluding hydrogens is 422 g/mol. The molecule has 3 heterocycles. The molecule has 1 fully saturated rings. The number of thiophene rings is 1. The first-order valence-corrected chi connectivity index (χ1v) is 12.0. The summed E-state index contributed by atoms with van der Waals surface area (Å²) in [4.78, 5) is 25.9. The average Bonchev–Trinajstić information content (AvgIpc) is 3.14. The van der Waals surface area contributed by atoms with E-state index in [1.54, 1.807) is 14.2 Å². The number of amides is 1. The molecule has 2 aromatic heterocycles. The Hall–Kier alpha value is -2.51. The number of ether oxygens (including phenoxy) is 2. The molecule has 1 aliphatic rings. The van der Waals surface area contributed by atoms with Gasteiger partial charge in [0.2, 0.25) is 5.88 Å². The molecule has 1 aliphatic heterocycles. The van der Waals surface area contributed by atoms with Gasteiger partial charge in [0.25, 0.3) is 5.91 Å². The number of rotatable bonds is 7. The van der Waals surface area contributed by atoms with Gasteiger partial charge >= 0.3 is 0 Å². The van der Waals surface area contributed by atoms with E-state index >= 15 is 0 Å². The first kappa shape index (κ1) is 22.7. The highest BCUT2D eigenvalue weighted by atomic mass is 32.1. The maximum atomic E-state index is 13.3. The number of aryl methyl sites for hydroxylation is 3. The van der Waals surface area contributed by atoms with Gasteiger partial charge in [-0.1, -0.05) is 29.8 Å². The van der Waals surface area contributed by atoms with Crippen molar-refractivity contribution in [2.45, 2.75) is 46.1 Å². The number of hydrogen-bond acceptors (Lipinski definition) is 6. The van der Waals surface area contributed by atoms with Crippen LogP contribution in [0.4, 0.5) is 0 Å². The molecule has 32 heavy (non-hydrogen) atoms. The van der Waals surface area contributed by atoms with Crippen molar-refractivity contribution in [2.75, 3.05) is 27.3 Å². The average molecular weight is 454 g/mol. The van der Waals surface area contributed by atoms with Gasteiger partial charge in [-0.2, -0.15) is 4.98 Å². The molecule has 0 N–H and O–H groups in total. The first-order valence-electron chi connectivity index (χ1n) is 11.2. The van der Waals surface area contributed by atoms with Gasteiger partial charge in [-0.3, -0.25) is 4.79 Å². The highest BCUT2D eigenvalue weighted by Gasteiger charge is 2.28.